The van der Waals surface area contributed by atoms with Crippen LogP contribution < -0.4 is 4.74 Å². The van der Waals surface area contributed by atoms with E-state index < -0.39 is 5.97 Å². The third kappa shape index (κ3) is 2.84. The van der Waals surface area contributed by atoms with Gasteiger partial charge in [-0.2, -0.15) is 0 Å². The summed E-state index contributed by atoms with van der Waals surface area (Å²) in [6.07, 6.45) is 1.42. The van der Waals surface area contributed by atoms with Crippen molar-refractivity contribution in [1.82, 2.24) is 0 Å². The van der Waals surface area contributed by atoms with Crippen molar-refractivity contribution in [2.24, 2.45) is 0 Å². The predicted octanol–water partition coefficient (Wildman–Crippen LogP) is 2.65. The number of carboxylic acids is 1. The summed E-state index contributed by atoms with van der Waals surface area (Å²) in [5.74, 6) is -0.601. The molecule has 0 fully saturated rings. The molecule has 3 heteroatoms. The third-order valence-electron chi connectivity index (χ3n) is 2.01. The predicted molar refractivity (Wildman–Crippen MR) is 58.4 cm³/mol. The summed E-state index contributed by atoms with van der Waals surface area (Å²) in [5, 5.41) is 8.94. The van der Waals surface area contributed by atoms with E-state index in [0.29, 0.717) is 5.75 Å². The van der Waals surface area contributed by atoms with E-state index in [-0.39, 0.29) is 11.7 Å². The molecule has 1 unspecified atom stereocenters. The highest BCUT2D eigenvalue weighted by atomic mass is 16.5. The molecule has 0 amide bonds. The molecule has 0 aliphatic carbocycles. The zero-order valence-electron chi connectivity index (χ0n) is 8.86. The fraction of sp³-hybridized carbons (Fsp3) is 0.250. The van der Waals surface area contributed by atoms with Crippen molar-refractivity contribution >= 4 is 5.97 Å². The summed E-state index contributed by atoms with van der Waals surface area (Å²) in [4.78, 5) is 10.9. The minimum Gasteiger partial charge on any atom is -0.486 e. The minimum absolute atomic E-state index is 0.175. The van der Waals surface area contributed by atoms with Gasteiger partial charge in [0.15, 0.2) is 0 Å². The van der Waals surface area contributed by atoms with Gasteiger partial charge in [0.1, 0.15) is 17.4 Å². The van der Waals surface area contributed by atoms with Crippen molar-refractivity contribution in [2.45, 2.75) is 20.0 Å². The van der Waals surface area contributed by atoms with Crippen LogP contribution in [0.5, 0.6) is 5.75 Å². The van der Waals surface area contributed by atoms with Gasteiger partial charge < -0.3 is 9.84 Å². The Morgan fingerprint density at radius 3 is 2.80 bits per heavy atom. The fourth-order valence-corrected chi connectivity index (χ4v) is 1.15. The van der Waals surface area contributed by atoms with Gasteiger partial charge in [0, 0.05) is 0 Å². The lowest BCUT2D eigenvalue weighted by atomic mass is 10.1. The Balaban J connectivity index is 3.07. The first-order valence-electron chi connectivity index (χ1n) is 4.67. The number of aromatic carboxylic acids is 1. The van der Waals surface area contributed by atoms with Crippen LogP contribution in [0.15, 0.2) is 30.9 Å². The van der Waals surface area contributed by atoms with Gasteiger partial charge in [-0.3, -0.25) is 0 Å². The SMILES string of the molecule is C=CC(C)Oc1cc(C)ccc1C(=O)O. The average molecular weight is 206 g/mol. The maximum absolute atomic E-state index is 10.9. The quantitative estimate of drug-likeness (QED) is 0.770. The monoisotopic (exact) mass is 206 g/mol. The normalized spacial score (nSPS) is 11.9. The molecule has 0 spiro atoms. The largest absolute Gasteiger partial charge is 0.486 e. The Labute approximate surface area is 89.0 Å². The smallest absolute Gasteiger partial charge is 0.339 e. The summed E-state index contributed by atoms with van der Waals surface area (Å²) in [6, 6.07) is 5.00. The maximum Gasteiger partial charge on any atom is 0.339 e. The average Bonchev–Trinajstić information content (AvgIpc) is 2.17. The van der Waals surface area contributed by atoms with E-state index >= 15 is 0 Å². The van der Waals surface area contributed by atoms with Crippen LogP contribution in [0.1, 0.15) is 22.8 Å². The van der Waals surface area contributed by atoms with Gasteiger partial charge in [0.25, 0.3) is 0 Å². The van der Waals surface area contributed by atoms with Crippen LogP contribution in [0.3, 0.4) is 0 Å². The van der Waals surface area contributed by atoms with Crippen molar-refractivity contribution in [2.75, 3.05) is 0 Å². The molecule has 0 aliphatic heterocycles. The van der Waals surface area contributed by atoms with Crippen molar-refractivity contribution in [3.05, 3.63) is 42.0 Å². The number of aryl methyl sites for hydroxylation is 1. The van der Waals surface area contributed by atoms with Crippen molar-refractivity contribution in [3.63, 3.8) is 0 Å². The van der Waals surface area contributed by atoms with E-state index in [0.717, 1.165) is 5.56 Å². The second-order valence-corrected chi connectivity index (χ2v) is 3.36. The first-order chi connectivity index (χ1) is 7.04. The highest BCUT2D eigenvalue weighted by Gasteiger charge is 2.12. The molecule has 0 aromatic heterocycles. The molecular formula is C12H14O3. The molecule has 3 nitrogen and oxygen atoms in total. The summed E-state index contributed by atoms with van der Waals surface area (Å²) in [7, 11) is 0. The Hall–Kier alpha value is -1.77. The molecule has 80 valence electrons. The summed E-state index contributed by atoms with van der Waals surface area (Å²) >= 11 is 0. The number of ether oxygens (including phenoxy) is 1. The number of hydrogen-bond acceptors (Lipinski definition) is 2. The first kappa shape index (κ1) is 11.3. The van der Waals surface area contributed by atoms with Gasteiger partial charge in [-0.1, -0.05) is 18.7 Å². The second kappa shape index (κ2) is 4.64. The van der Waals surface area contributed by atoms with E-state index in [9.17, 15) is 4.79 Å². The van der Waals surface area contributed by atoms with Crippen LogP contribution in [0, 0.1) is 6.92 Å². The zero-order valence-corrected chi connectivity index (χ0v) is 8.86. The summed E-state index contributed by atoms with van der Waals surface area (Å²) < 4.78 is 5.44. The third-order valence-corrected chi connectivity index (χ3v) is 2.01. The standard InChI is InChI=1S/C12H14O3/c1-4-9(3)15-11-7-8(2)5-6-10(11)12(13)14/h4-7,9H,1H2,2-3H3,(H,13,14). The number of rotatable bonds is 4. The van der Waals surface area contributed by atoms with Gasteiger partial charge in [-0.05, 0) is 31.5 Å². The molecule has 0 saturated carbocycles. The molecule has 15 heavy (non-hydrogen) atoms. The number of hydrogen-bond donors (Lipinski definition) is 1. The molecule has 1 aromatic carbocycles. The van der Waals surface area contributed by atoms with Gasteiger partial charge in [-0.25, -0.2) is 4.79 Å². The molecule has 1 N–H and O–H groups in total. The lowest BCUT2D eigenvalue weighted by molar-refractivity contribution is 0.0691. The molecular weight excluding hydrogens is 192 g/mol. The topological polar surface area (TPSA) is 46.5 Å². The van der Waals surface area contributed by atoms with Crippen LogP contribution in [0.2, 0.25) is 0 Å². The Bertz CT molecular complexity index is 382. The molecule has 1 atom stereocenters. The van der Waals surface area contributed by atoms with E-state index in [1.807, 2.05) is 6.92 Å². The van der Waals surface area contributed by atoms with Gasteiger partial charge in [0.05, 0.1) is 0 Å². The molecule has 0 bridgehead atoms. The number of carboxylic acid groups (broad SMARTS) is 1. The lowest BCUT2D eigenvalue weighted by Crippen LogP contribution is -2.11. The summed E-state index contributed by atoms with van der Waals surface area (Å²) in [6.45, 7) is 7.27. The Morgan fingerprint density at radius 1 is 1.60 bits per heavy atom. The van der Waals surface area contributed by atoms with Crippen LogP contribution in [-0.4, -0.2) is 17.2 Å². The minimum atomic E-state index is -0.985. The van der Waals surface area contributed by atoms with E-state index in [2.05, 4.69) is 6.58 Å². The second-order valence-electron chi connectivity index (χ2n) is 3.36. The molecule has 0 aliphatic rings. The van der Waals surface area contributed by atoms with Crippen molar-refractivity contribution in [3.8, 4) is 5.75 Å². The molecule has 0 heterocycles. The molecule has 0 radical (unpaired) electrons. The lowest BCUT2D eigenvalue weighted by Gasteiger charge is -2.13. The van der Waals surface area contributed by atoms with Crippen LogP contribution >= 0.6 is 0 Å². The van der Waals surface area contributed by atoms with Crippen LogP contribution in [0.25, 0.3) is 0 Å². The number of carbonyl (C=O) groups is 1. The van der Waals surface area contributed by atoms with Gasteiger partial charge in [0.2, 0.25) is 0 Å². The highest BCUT2D eigenvalue weighted by Crippen LogP contribution is 2.21. The Morgan fingerprint density at radius 2 is 2.27 bits per heavy atom. The maximum atomic E-state index is 10.9. The van der Waals surface area contributed by atoms with Crippen LogP contribution in [0.4, 0.5) is 0 Å². The molecule has 1 rings (SSSR count). The zero-order chi connectivity index (χ0) is 11.4. The van der Waals surface area contributed by atoms with Crippen LogP contribution in [-0.2, 0) is 0 Å². The summed E-state index contributed by atoms with van der Waals surface area (Å²) in [5.41, 5.74) is 1.14. The Kier molecular flexibility index (Phi) is 3.50. The molecule has 0 saturated heterocycles. The fourth-order valence-electron chi connectivity index (χ4n) is 1.15. The van der Waals surface area contributed by atoms with Gasteiger partial charge >= 0.3 is 5.97 Å². The van der Waals surface area contributed by atoms with E-state index in [1.54, 1.807) is 31.2 Å². The number of benzene rings is 1. The van der Waals surface area contributed by atoms with Crippen molar-refractivity contribution in [1.29, 1.82) is 0 Å². The van der Waals surface area contributed by atoms with E-state index in [1.165, 1.54) is 0 Å². The van der Waals surface area contributed by atoms with E-state index in [4.69, 9.17) is 9.84 Å². The highest BCUT2D eigenvalue weighted by molar-refractivity contribution is 5.91. The molecule has 1 aromatic rings. The van der Waals surface area contributed by atoms with Gasteiger partial charge in [-0.15, -0.1) is 0 Å². The van der Waals surface area contributed by atoms with Crippen molar-refractivity contribution < 1.29 is 14.6 Å². The first-order valence-corrected chi connectivity index (χ1v) is 4.67.